The lowest BCUT2D eigenvalue weighted by molar-refractivity contribution is -0.132. The lowest BCUT2D eigenvalue weighted by Crippen LogP contribution is -2.43. The number of amides is 1. The monoisotopic (exact) mass is 226 g/mol. The minimum atomic E-state index is 0.0215. The van der Waals surface area contributed by atoms with Crippen LogP contribution in [0.2, 0.25) is 0 Å². The van der Waals surface area contributed by atoms with Crippen molar-refractivity contribution in [3.63, 3.8) is 0 Å². The maximum atomic E-state index is 12.2. The van der Waals surface area contributed by atoms with Crippen molar-refractivity contribution in [1.82, 2.24) is 10.2 Å². The molecular formula is C12H22N2O2. The van der Waals surface area contributed by atoms with Gasteiger partial charge in [-0.05, 0) is 24.8 Å². The second-order valence-electron chi connectivity index (χ2n) is 5.74. The van der Waals surface area contributed by atoms with E-state index in [0.29, 0.717) is 6.54 Å². The smallest absolute Gasteiger partial charge is 0.239 e. The molecule has 2 aliphatic rings. The number of nitrogens with one attached hydrogen (secondary N) is 1. The molecule has 2 heterocycles. The molecule has 4 nitrogen and oxygen atoms in total. The Morgan fingerprint density at radius 3 is 2.81 bits per heavy atom. The first-order valence-corrected chi connectivity index (χ1v) is 6.17. The number of carbonyl (C=O) groups is 1. The summed E-state index contributed by atoms with van der Waals surface area (Å²) < 4.78 is 0. The molecule has 0 aromatic rings. The number of carbonyl (C=O) groups excluding carboxylic acids is 1. The third-order valence-corrected chi connectivity index (χ3v) is 4.03. The van der Waals surface area contributed by atoms with Crippen LogP contribution in [0.1, 0.15) is 26.7 Å². The Balaban J connectivity index is 1.99. The molecule has 0 radical (unpaired) electrons. The largest absolute Gasteiger partial charge is 0.396 e. The topological polar surface area (TPSA) is 52.6 Å². The molecule has 2 saturated heterocycles. The van der Waals surface area contributed by atoms with E-state index in [1.54, 1.807) is 0 Å². The number of nitrogens with zero attached hydrogens (tertiary/aromatic N) is 1. The van der Waals surface area contributed by atoms with Crippen molar-refractivity contribution in [3.05, 3.63) is 0 Å². The summed E-state index contributed by atoms with van der Waals surface area (Å²) in [5, 5.41) is 12.6. The number of aliphatic hydroxyl groups is 1. The average molecular weight is 226 g/mol. The summed E-state index contributed by atoms with van der Waals surface area (Å²) in [6, 6.07) is 0.0215. The molecule has 2 fully saturated rings. The van der Waals surface area contributed by atoms with Gasteiger partial charge < -0.3 is 15.3 Å². The molecule has 4 heteroatoms. The highest BCUT2D eigenvalue weighted by atomic mass is 16.3. The number of likely N-dealkylation sites (tertiary alicyclic amines) is 1. The highest BCUT2D eigenvalue weighted by molar-refractivity contribution is 5.82. The molecule has 16 heavy (non-hydrogen) atoms. The fourth-order valence-electron chi connectivity index (χ4n) is 2.79. The van der Waals surface area contributed by atoms with E-state index in [1.165, 1.54) is 0 Å². The molecule has 0 saturated carbocycles. The molecule has 0 unspecified atom stereocenters. The maximum absolute atomic E-state index is 12.2. The molecule has 0 aliphatic carbocycles. The molecule has 2 aliphatic heterocycles. The minimum absolute atomic E-state index is 0.0215. The number of rotatable bonds is 2. The van der Waals surface area contributed by atoms with Gasteiger partial charge in [0, 0.05) is 25.6 Å². The molecule has 1 amide bonds. The van der Waals surface area contributed by atoms with E-state index in [0.717, 1.165) is 25.9 Å². The Labute approximate surface area is 97.0 Å². The van der Waals surface area contributed by atoms with E-state index >= 15 is 0 Å². The molecule has 0 aromatic heterocycles. The highest BCUT2D eigenvalue weighted by Crippen LogP contribution is 2.35. The fraction of sp³-hybridized carbons (Fsp3) is 0.917. The van der Waals surface area contributed by atoms with Gasteiger partial charge in [0.1, 0.15) is 0 Å². The first-order valence-electron chi connectivity index (χ1n) is 6.17. The van der Waals surface area contributed by atoms with Gasteiger partial charge in [0.15, 0.2) is 0 Å². The molecule has 0 bridgehead atoms. The van der Waals surface area contributed by atoms with E-state index < -0.39 is 0 Å². The van der Waals surface area contributed by atoms with E-state index in [9.17, 15) is 9.90 Å². The number of aliphatic hydroxyl groups excluding tert-OH is 1. The lowest BCUT2D eigenvalue weighted by atomic mass is 9.83. The Morgan fingerprint density at radius 1 is 1.56 bits per heavy atom. The van der Waals surface area contributed by atoms with Crippen molar-refractivity contribution in [1.29, 1.82) is 0 Å². The van der Waals surface area contributed by atoms with Crippen molar-refractivity contribution in [2.45, 2.75) is 32.7 Å². The van der Waals surface area contributed by atoms with Gasteiger partial charge in [-0.2, -0.15) is 0 Å². The van der Waals surface area contributed by atoms with Crippen molar-refractivity contribution >= 4 is 5.91 Å². The van der Waals surface area contributed by atoms with Gasteiger partial charge in [0.05, 0.1) is 6.04 Å². The zero-order chi connectivity index (χ0) is 11.8. The molecule has 2 N–H and O–H groups in total. The quantitative estimate of drug-likeness (QED) is 0.708. The summed E-state index contributed by atoms with van der Waals surface area (Å²) in [4.78, 5) is 14.1. The maximum Gasteiger partial charge on any atom is 0.239 e. The third-order valence-electron chi connectivity index (χ3n) is 4.03. The zero-order valence-corrected chi connectivity index (χ0v) is 10.2. The van der Waals surface area contributed by atoms with Crippen LogP contribution < -0.4 is 5.32 Å². The predicted octanol–water partition coefficient (Wildman–Crippen LogP) is 0.215. The standard InChI is InChI=1S/C12H22N2O2/c1-12(2)8-14(6-9(12)7-15)11(16)10-4-3-5-13-10/h9-10,13,15H,3-8H2,1-2H3/t9-,10-/m1/s1. The Hall–Kier alpha value is -0.610. The summed E-state index contributed by atoms with van der Waals surface area (Å²) in [6.07, 6.45) is 2.05. The van der Waals surface area contributed by atoms with Gasteiger partial charge in [0.25, 0.3) is 0 Å². The van der Waals surface area contributed by atoms with Crippen LogP contribution in [-0.4, -0.2) is 48.2 Å². The fourth-order valence-corrected chi connectivity index (χ4v) is 2.79. The second-order valence-corrected chi connectivity index (χ2v) is 5.74. The average Bonchev–Trinajstić information content (AvgIpc) is 2.83. The number of hydrogen-bond acceptors (Lipinski definition) is 3. The summed E-state index contributed by atoms with van der Waals surface area (Å²) in [5.74, 6) is 0.444. The predicted molar refractivity (Wildman–Crippen MR) is 62.0 cm³/mol. The van der Waals surface area contributed by atoms with Gasteiger partial charge in [0.2, 0.25) is 5.91 Å². The summed E-state index contributed by atoms with van der Waals surface area (Å²) in [6.45, 7) is 6.87. The van der Waals surface area contributed by atoms with Crippen molar-refractivity contribution in [2.24, 2.45) is 11.3 Å². The molecule has 92 valence electrons. The van der Waals surface area contributed by atoms with Crippen LogP contribution in [0, 0.1) is 11.3 Å². The van der Waals surface area contributed by atoms with Crippen LogP contribution >= 0.6 is 0 Å². The second kappa shape index (κ2) is 4.34. The molecular weight excluding hydrogens is 204 g/mol. The minimum Gasteiger partial charge on any atom is -0.396 e. The van der Waals surface area contributed by atoms with Crippen molar-refractivity contribution in [3.8, 4) is 0 Å². The molecule has 2 atom stereocenters. The van der Waals surface area contributed by atoms with Crippen molar-refractivity contribution in [2.75, 3.05) is 26.2 Å². The van der Waals surface area contributed by atoms with Crippen LogP contribution in [0.4, 0.5) is 0 Å². The van der Waals surface area contributed by atoms with Gasteiger partial charge >= 0.3 is 0 Å². The van der Waals surface area contributed by atoms with E-state index in [2.05, 4.69) is 19.2 Å². The van der Waals surface area contributed by atoms with Crippen LogP contribution in [-0.2, 0) is 4.79 Å². The van der Waals surface area contributed by atoms with Crippen LogP contribution in [0.5, 0.6) is 0 Å². The third kappa shape index (κ3) is 2.09. The Bertz CT molecular complexity index is 272. The lowest BCUT2D eigenvalue weighted by Gasteiger charge is -2.24. The van der Waals surface area contributed by atoms with E-state index in [1.807, 2.05) is 4.90 Å². The van der Waals surface area contributed by atoms with Crippen LogP contribution in [0.3, 0.4) is 0 Å². The van der Waals surface area contributed by atoms with Crippen LogP contribution in [0.25, 0.3) is 0 Å². The summed E-state index contributed by atoms with van der Waals surface area (Å²) >= 11 is 0. The van der Waals surface area contributed by atoms with E-state index in [4.69, 9.17) is 0 Å². The Kier molecular flexibility index (Phi) is 3.22. The SMILES string of the molecule is CC1(C)CN(C(=O)[C@H]2CCCN2)C[C@@H]1CO. The zero-order valence-electron chi connectivity index (χ0n) is 10.2. The molecule has 2 rings (SSSR count). The van der Waals surface area contributed by atoms with Crippen molar-refractivity contribution < 1.29 is 9.90 Å². The number of hydrogen-bond donors (Lipinski definition) is 2. The normalized spacial score (nSPS) is 33.3. The van der Waals surface area contributed by atoms with Gasteiger partial charge in [-0.15, -0.1) is 0 Å². The van der Waals surface area contributed by atoms with Gasteiger partial charge in [-0.1, -0.05) is 13.8 Å². The first-order chi connectivity index (χ1) is 7.54. The van der Waals surface area contributed by atoms with E-state index in [-0.39, 0.29) is 29.9 Å². The Morgan fingerprint density at radius 2 is 2.31 bits per heavy atom. The summed E-state index contributed by atoms with van der Waals surface area (Å²) in [7, 11) is 0. The van der Waals surface area contributed by atoms with Gasteiger partial charge in [-0.3, -0.25) is 4.79 Å². The molecule has 0 spiro atoms. The first kappa shape index (κ1) is 11.9. The highest BCUT2D eigenvalue weighted by Gasteiger charge is 2.42. The molecule has 0 aromatic carbocycles. The van der Waals surface area contributed by atoms with Crippen LogP contribution in [0.15, 0.2) is 0 Å². The van der Waals surface area contributed by atoms with Gasteiger partial charge in [-0.25, -0.2) is 0 Å². The summed E-state index contributed by atoms with van der Waals surface area (Å²) in [5.41, 5.74) is 0.0447.